The van der Waals surface area contributed by atoms with Crippen LogP contribution in [0.25, 0.3) is 0 Å². The highest BCUT2D eigenvalue weighted by Gasteiger charge is 2.29. The molecule has 0 saturated heterocycles. The Hall–Kier alpha value is -2.45. The summed E-state index contributed by atoms with van der Waals surface area (Å²) in [6, 6.07) is 9.94. The second-order valence-electron chi connectivity index (χ2n) is 7.08. The molecule has 1 aromatic carbocycles. The summed E-state index contributed by atoms with van der Waals surface area (Å²) in [4.78, 5) is 0.271. The Morgan fingerprint density at radius 2 is 1.79 bits per heavy atom. The van der Waals surface area contributed by atoms with E-state index in [0.717, 1.165) is 23.4 Å². The van der Waals surface area contributed by atoms with Crippen molar-refractivity contribution in [3.8, 4) is 0 Å². The lowest BCUT2D eigenvalue weighted by Crippen LogP contribution is -2.33. The normalized spacial score (nSPS) is 12.0. The first-order valence-electron chi connectivity index (χ1n) is 9.96. The van der Waals surface area contributed by atoms with Gasteiger partial charge < -0.3 is 0 Å². The van der Waals surface area contributed by atoms with Crippen LogP contribution in [-0.4, -0.2) is 38.8 Å². The van der Waals surface area contributed by atoms with E-state index in [1.54, 1.807) is 28.3 Å². The summed E-state index contributed by atoms with van der Waals surface area (Å²) in [5.74, 6) is 0. The first kappa shape index (κ1) is 21.3. The highest BCUT2D eigenvalue weighted by atomic mass is 32.2. The van der Waals surface area contributed by atoms with Gasteiger partial charge in [0.2, 0.25) is 10.0 Å². The average molecular weight is 416 g/mol. The molecule has 0 aliphatic heterocycles. The third-order valence-corrected chi connectivity index (χ3v) is 7.14. The van der Waals surface area contributed by atoms with E-state index in [-0.39, 0.29) is 11.4 Å². The number of sulfonamides is 1. The zero-order valence-electron chi connectivity index (χ0n) is 17.5. The summed E-state index contributed by atoms with van der Waals surface area (Å²) in [6.07, 6.45) is 4.04. The lowest BCUT2D eigenvalue weighted by molar-refractivity contribution is 0.408. The molecule has 0 spiro atoms. The van der Waals surface area contributed by atoms with E-state index in [4.69, 9.17) is 0 Å². The molecule has 7 nitrogen and oxygen atoms in total. The van der Waals surface area contributed by atoms with Crippen molar-refractivity contribution >= 4 is 10.0 Å². The van der Waals surface area contributed by atoms with Gasteiger partial charge in [-0.05, 0) is 39.7 Å². The summed E-state index contributed by atoms with van der Waals surface area (Å²) in [7, 11) is -3.69. The number of aryl methyl sites for hydroxylation is 3. The molecule has 0 amide bonds. The van der Waals surface area contributed by atoms with Crippen LogP contribution in [0.3, 0.4) is 0 Å². The van der Waals surface area contributed by atoms with Gasteiger partial charge in [-0.3, -0.25) is 9.36 Å². The average Bonchev–Trinajstić information content (AvgIpc) is 3.28. The molecule has 3 rings (SSSR count). The monoisotopic (exact) mass is 415 g/mol. The fraction of sp³-hybridized carbons (Fsp3) is 0.429. The molecule has 29 heavy (non-hydrogen) atoms. The molecular formula is C21H29N5O2S. The second kappa shape index (κ2) is 8.92. The van der Waals surface area contributed by atoms with E-state index in [2.05, 4.69) is 10.2 Å². The molecule has 8 heteroatoms. The SMILES string of the molecule is CCn1cc(S(=O)(=O)N(CCc2ccccc2)Cc2cnn(CC)c2C)c(C)n1. The molecule has 2 heterocycles. The van der Waals surface area contributed by atoms with Crippen LogP contribution in [-0.2, 0) is 36.1 Å². The Labute approximate surface area is 173 Å². The minimum atomic E-state index is -3.69. The maximum absolute atomic E-state index is 13.5. The van der Waals surface area contributed by atoms with Gasteiger partial charge in [-0.25, -0.2) is 8.42 Å². The fourth-order valence-corrected chi connectivity index (χ4v) is 4.97. The Bertz CT molecular complexity index is 1050. The maximum atomic E-state index is 13.5. The van der Waals surface area contributed by atoms with Crippen molar-refractivity contribution in [1.29, 1.82) is 0 Å². The minimum absolute atomic E-state index is 0.271. The molecule has 0 saturated carbocycles. The van der Waals surface area contributed by atoms with Gasteiger partial charge in [-0.1, -0.05) is 30.3 Å². The largest absolute Gasteiger partial charge is 0.271 e. The zero-order valence-corrected chi connectivity index (χ0v) is 18.4. The number of hydrogen-bond donors (Lipinski definition) is 0. The molecule has 0 atom stereocenters. The number of hydrogen-bond acceptors (Lipinski definition) is 4. The smallest absolute Gasteiger partial charge is 0.246 e. The van der Waals surface area contributed by atoms with Crippen molar-refractivity contribution in [3.63, 3.8) is 0 Å². The van der Waals surface area contributed by atoms with E-state index in [1.807, 2.05) is 55.8 Å². The van der Waals surface area contributed by atoms with Crippen molar-refractivity contribution in [1.82, 2.24) is 23.9 Å². The van der Waals surface area contributed by atoms with Gasteiger partial charge in [-0.2, -0.15) is 14.5 Å². The van der Waals surface area contributed by atoms with Crippen LogP contribution in [0.1, 0.15) is 36.4 Å². The Morgan fingerprint density at radius 1 is 1.07 bits per heavy atom. The molecular weight excluding hydrogens is 386 g/mol. The third-order valence-electron chi connectivity index (χ3n) is 5.19. The van der Waals surface area contributed by atoms with Crippen LogP contribution in [0.5, 0.6) is 0 Å². The Balaban J connectivity index is 1.94. The van der Waals surface area contributed by atoms with Crippen molar-refractivity contribution in [2.75, 3.05) is 6.54 Å². The topological polar surface area (TPSA) is 73.0 Å². The van der Waals surface area contributed by atoms with E-state index < -0.39 is 10.0 Å². The highest BCUT2D eigenvalue weighted by molar-refractivity contribution is 7.89. The van der Waals surface area contributed by atoms with Crippen molar-refractivity contribution in [2.24, 2.45) is 0 Å². The summed E-state index contributed by atoms with van der Waals surface area (Å²) in [5.41, 5.74) is 3.55. The van der Waals surface area contributed by atoms with Crippen molar-refractivity contribution in [2.45, 2.75) is 58.6 Å². The molecule has 2 aromatic heterocycles. The molecule has 0 radical (unpaired) electrons. The highest BCUT2D eigenvalue weighted by Crippen LogP contribution is 2.23. The number of benzene rings is 1. The van der Waals surface area contributed by atoms with Gasteiger partial charge >= 0.3 is 0 Å². The molecule has 0 aliphatic carbocycles. The van der Waals surface area contributed by atoms with Gasteiger partial charge in [0, 0.05) is 43.6 Å². The van der Waals surface area contributed by atoms with Crippen LogP contribution in [0.4, 0.5) is 0 Å². The lowest BCUT2D eigenvalue weighted by atomic mass is 10.1. The summed E-state index contributed by atoms with van der Waals surface area (Å²) in [5, 5.41) is 8.71. The third kappa shape index (κ3) is 4.59. The number of aromatic nitrogens is 4. The predicted molar refractivity (Wildman–Crippen MR) is 113 cm³/mol. The maximum Gasteiger partial charge on any atom is 0.246 e. The summed E-state index contributed by atoms with van der Waals surface area (Å²) < 4.78 is 32.2. The second-order valence-corrected chi connectivity index (χ2v) is 8.99. The fourth-order valence-electron chi connectivity index (χ4n) is 3.39. The molecule has 0 N–H and O–H groups in total. The van der Waals surface area contributed by atoms with E-state index in [1.165, 1.54) is 0 Å². The van der Waals surface area contributed by atoms with Crippen LogP contribution < -0.4 is 0 Å². The van der Waals surface area contributed by atoms with Gasteiger partial charge in [0.05, 0.1) is 11.9 Å². The molecule has 0 bridgehead atoms. The molecule has 156 valence electrons. The van der Waals surface area contributed by atoms with Crippen molar-refractivity contribution < 1.29 is 8.42 Å². The lowest BCUT2D eigenvalue weighted by Gasteiger charge is -2.22. The van der Waals surface area contributed by atoms with Gasteiger partial charge in [0.1, 0.15) is 4.90 Å². The summed E-state index contributed by atoms with van der Waals surface area (Å²) >= 11 is 0. The summed E-state index contributed by atoms with van der Waals surface area (Å²) in [6.45, 7) is 9.75. The Kier molecular flexibility index (Phi) is 6.54. The van der Waals surface area contributed by atoms with Crippen molar-refractivity contribution in [3.05, 3.63) is 65.2 Å². The Morgan fingerprint density at radius 3 is 2.38 bits per heavy atom. The van der Waals surface area contributed by atoms with E-state index >= 15 is 0 Å². The van der Waals surface area contributed by atoms with Crippen LogP contribution in [0, 0.1) is 13.8 Å². The van der Waals surface area contributed by atoms with Crippen LogP contribution in [0.2, 0.25) is 0 Å². The quantitative estimate of drug-likeness (QED) is 0.538. The first-order chi connectivity index (χ1) is 13.9. The van der Waals surface area contributed by atoms with Crippen LogP contribution in [0.15, 0.2) is 47.6 Å². The number of nitrogens with zero attached hydrogens (tertiary/aromatic N) is 5. The first-order valence-corrected chi connectivity index (χ1v) is 11.4. The van der Waals surface area contributed by atoms with Gasteiger partial charge in [0.15, 0.2) is 0 Å². The van der Waals surface area contributed by atoms with E-state index in [0.29, 0.717) is 25.2 Å². The molecule has 3 aromatic rings. The van der Waals surface area contributed by atoms with Gasteiger partial charge in [0.25, 0.3) is 0 Å². The zero-order chi connectivity index (χ0) is 21.0. The van der Waals surface area contributed by atoms with Gasteiger partial charge in [-0.15, -0.1) is 0 Å². The van der Waals surface area contributed by atoms with Crippen LogP contribution >= 0.6 is 0 Å². The standard InChI is InChI=1S/C21H29N5O2S/c1-5-24-16-21(17(3)23-24)29(27,28)25(13-12-19-10-8-7-9-11-19)15-20-14-22-26(6-2)18(20)4/h7-11,14,16H,5-6,12-13,15H2,1-4H3. The molecule has 0 fully saturated rings. The minimum Gasteiger partial charge on any atom is -0.271 e. The predicted octanol–water partition coefficient (Wildman–Crippen LogP) is 3.17. The number of rotatable bonds is 9. The molecule has 0 unspecified atom stereocenters. The van der Waals surface area contributed by atoms with E-state index in [9.17, 15) is 8.42 Å². The molecule has 0 aliphatic rings.